The van der Waals surface area contributed by atoms with Gasteiger partial charge in [0.05, 0.1) is 11.9 Å². The number of pyridine rings is 1. The smallest absolute Gasteiger partial charge is 0.314 e. The molecule has 2 heterocycles. The SMILES string of the molecule is O=C(Nc1ccnn1-c1ccncc1)C(=O)N[C@H]1C[C@H]1c1c(F)cccc1F. The van der Waals surface area contributed by atoms with E-state index in [0.29, 0.717) is 17.9 Å². The van der Waals surface area contributed by atoms with Crippen LogP contribution in [-0.2, 0) is 9.59 Å². The monoisotopic (exact) mass is 383 g/mol. The predicted molar refractivity (Wildman–Crippen MR) is 95.6 cm³/mol. The molecule has 2 aromatic heterocycles. The Hall–Kier alpha value is -3.62. The molecule has 7 nitrogen and oxygen atoms in total. The van der Waals surface area contributed by atoms with Gasteiger partial charge in [-0.25, -0.2) is 13.5 Å². The van der Waals surface area contributed by atoms with Crippen LogP contribution in [-0.4, -0.2) is 32.6 Å². The lowest BCUT2D eigenvalue weighted by Crippen LogP contribution is -2.37. The van der Waals surface area contributed by atoms with Gasteiger partial charge in [-0.1, -0.05) is 6.07 Å². The Bertz CT molecular complexity index is 1020. The number of aromatic nitrogens is 3. The molecule has 4 rings (SSSR count). The predicted octanol–water partition coefficient (Wildman–Crippen LogP) is 2.16. The first-order chi connectivity index (χ1) is 13.5. The van der Waals surface area contributed by atoms with Crippen molar-refractivity contribution in [3.05, 3.63) is 72.2 Å². The lowest BCUT2D eigenvalue weighted by atomic mass is 10.1. The molecule has 2 N–H and O–H groups in total. The van der Waals surface area contributed by atoms with Crippen molar-refractivity contribution in [1.82, 2.24) is 20.1 Å². The molecule has 2 amide bonds. The second-order valence-electron chi connectivity index (χ2n) is 6.35. The Kier molecular flexibility index (Phi) is 4.56. The second-order valence-corrected chi connectivity index (χ2v) is 6.35. The van der Waals surface area contributed by atoms with Crippen molar-refractivity contribution in [1.29, 1.82) is 0 Å². The third-order valence-corrected chi connectivity index (χ3v) is 4.48. The van der Waals surface area contributed by atoms with Gasteiger partial charge >= 0.3 is 11.8 Å². The molecule has 0 spiro atoms. The molecule has 0 saturated heterocycles. The number of anilines is 1. The van der Waals surface area contributed by atoms with Gasteiger partial charge in [0, 0.05) is 36.0 Å². The molecule has 0 aliphatic heterocycles. The number of nitrogens with zero attached hydrogens (tertiary/aromatic N) is 3. The van der Waals surface area contributed by atoms with Gasteiger partial charge in [0.1, 0.15) is 17.5 Å². The van der Waals surface area contributed by atoms with Crippen molar-refractivity contribution in [2.75, 3.05) is 5.32 Å². The lowest BCUT2D eigenvalue weighted by Gasteiger charge is -2.09. The minimum Gasteiger partial charge on any atom is -0.344 e. The molecule has 2 atom stereocenters. The fourth-order valence-electron chi connectivity index (χ4n) is 3.03. The largest absolute Gasteiger partial charge is 0.344 e. The quantitative estimate of drug-likeness (QED) is 0.676. The van der Waals surface area contributed by atoms with E-state index in [9.17, 15) is 18.4 Å². The normalized spacial score (nSPS) is 17.8. The molecular formula is C19H15F2N5O2. The molecule has 28 heavy (non-hydrogen) atoms. The Morgan fingerprint density at radius 3 is 2.43 bits per heavy atom. The van der Waals surface area contributed by atoms with Gasteiger partial charge in [0.25, 0.3) is 0 Å². The van der Waals surface area contributed by atoms with Crippen LogP contribution < -0.4 is 10.6 Å². The van der Waals surface area contributed by atoms with Gasteiger partial charge < -0.3 is 10.6 Å². The summed E-state index contributed by atoms with van der Waals surface area (Å²) in [4.78, 5) is 28.3. The summed E-state index contributed by atoms with van der Waals surface area (Å²) >= 11 is 0. The number of carbonyl (C=O) groups excluding carboxylic acids is 2. The summed E-state index contributed by atoms with van der Waals surface area (Å²) in [5, 5.41) is 9.09. The Balaban J connectivity index is 1.40. The minimum absolute atomic E-state index is 0.0658. The third kappa shape index (κ3) is 3.46. The number of carbonyl (C=O) groups is 2. The summed E-state index contributed by atoms with van der Waals surface area (Å²) in [7, 11) is 0. The molecule has 9 heteroatoms. The third-order valence-electron chi connectivity index (χ3n) is 4.48. The van der Waals surface area contributed by atoms with Gasteiger partial charge in [0.2, 0.25) is 0 Å². The maximum atomic E-state index is 13.8. The highest BCUT2D eigenvalue weighted by Crippen LogP contribution is 2.43. The molecule has 3 aromatic rings. The molecule has 0 radical (unpaired) electrons. The van der Waals surface area contributed by atoms with Crippen LogP contribution >= 0.6 is 0 Å². The molecule has 1 fully saturated rings. The molecule has 1 aliphatic carbocycles. The minimum atomic E-state index is -0.893. The fourth-order valence-corrected chi connectivity index (χ4v) is 3.03. The molecule has 1 aliphatic rings. The van der Waals surface area contributed by atoms with Crippen LogP contribution in [0.1, 0.15) is 17.9 Å². The van der Waals surface area contributed by atoms with E-state index in [1.165, 1.54) is 29.1 Å². The highest BCUT2D eigenvalue weighted by Gasteiger charge is 2.43. The van der Waals surface area contributed by atoms with Crippen molar-refractivity contribution in [2.45, 2.75) is 18.4 Å². The average molecular weight is 383 g/mol. The fraction of sp³-hybridized carbons (Fsp3) is 0.158. The summed E-state index contributed by atoms with van der Waals surface area (Å²) in [5.41, 5.74) is 0.594. The van der Waals surface area contributed by atoms with E-state index >= 15 is 0 Å². The molecule has 142 valence electrons. The zero-order valence-electron chi connectivity index (χ0n) is 14.5. The van der Waals surface area contributed by atoms with E-state index in [1.807, 2.05) is 0 Å². The number of hydrogen-bond donors (Lipinski definition) is 2. The summed E-state index contributed by atoms with van der Waals surface area (Å²) in [5.74, 6) is -3.28. The van der Waals surface area contributed by atoms with E-state index < -0.39 is 35.4 Å². The van der Waals surface area contributed by atoms with E-state index in [-0.39, 0.29) is 5.56 Å². The standard InChI is InChI=1S/C19H15F2N5O2/c20-13-2-1-3-14(21)17(13)12-10-15(12)24-18(27)19(28)25-16-6-9-23-26(16)11-4-7-22-8-5-11/h1-9,12,15H,10H2,(H,24,27)(H,25,28)/t12-,15+/m1/s1. The van der Waals surface area contributed by atoms with Gasteiger partial charge in [-0.05, 0) is 30.7 Å². The second kappa shape index (κ2) is 7.18. The molecule has 0 bridgehead atoms. The van der Waals surface area contributed by atoms with E-state index in [0.717, 1.165) is 0 Å². The summed E-state index contributed by atoms with van der Waals surface area (Å²) in [6, 6.07) is 8.06. The first-order valence-electron chi connectivity index (χ1n) is 8.55. The Morgan fingerprint density at radius 1 is 1.00 bits per heavy atom. The topological polar surface area (TPSA) is 88.9 Å². The highest BCUT2D eigenvalue weighted by molar-refractivity contribution is 6.39. The summed E-state index contributed by atoms with van der Waals surface area (Å²) in [6.07, 6.45) is 4.99. The average Bonchev–Trinajstić information content (AvgIpc) is 3.26. The Morgan fingerprint density at radius 2 is 1.71 bits per heavy atom. The molecule has 1 aromatic carbocycles. The van der Waals surface area contributed by atoms with Crippen molar-refractivity contribution < 1.29 is 18.4 Å². The number of nitrogens with one attached hydrogen (secondary N) is 2. The van der Waals surface area contributed by atoms with Gasteiger partial charge in [0.15, 0.2) is 0 Å². The van der Waals surface area contributed by atoms with Crippen LogP contribution in [0.25, 0.3) is 5.69 Å². The van der Waals surface area contributed by atoms with Gasteiger partial charge in [-0.2, -0.15) is 5.10 Å². The van der Waals surface area contributed by atoms with E-state index in [4.69, 9.17) is 0 Å². The van der Waals surface area contributed by atoms with Gasteiger partial charge in [-0.3, -0.25) is 14.6 Å². The van der Waals surface area contributed by atoms with Crippen molar-refractivity contribution in [2.24, 2.45) is 0 Å². The highest BCUT2D eigenvalue weighted by atomic mass is 19.1. The first kappa shape index (κ1) is 17.8. The number of benzene rings is 1. The van der Waals surface area contributed by atoms with Crippen LogP contribution in [0, 0.1) is 11.6 Å². The summed E-state index contributed by atoms with van der Waals surface area (Å²) < 4.78 is 29.1. The zero-order valence-corrected chi connectivity index (χ0v) is 14.5. The number of halogens is 2. The van der Waals surface area contributed by atoms with Crippen LogP contribution in [0.2, 0.25) is 0 Å². The number of hydrogen-bond acceptors (Lipinski definition) is 4. The van der Waals surface area contributed by atoms with Crippen molar-refractivity contribution in [3.63, 3.8) is 0 Å². The van der Waals surface area contributed by atoms with E-state index in [1.54, 1.807) is 30.6 Å². The number of amides is 2. The first-order valence-corrected chi connectivity index (χ1v) is 8.55. The van der Waals surface area contributed by atoms with Crippen LogP contribution in [0.4, 0.5) is 14.6 Å². The van der Waals surface area contributed by atoms with Crippen molar-refractivity contribution in [3.8, 4) is 5.69 Å². The maximum Gasteiger partial charge on any atom is 0.314 e. The van der Waals surface area contributed by atoms with Gasteiger partial charge in [-0.15, -0.1) is 0 Å². The molecule has 1 saturated carbocycles. The maximum absolute atomic E-state index is 13.8. The molecule has 0 unspecified atom stereocenters. The summed E-state index contributed by atoms with van der Waals surface area (Å²) in [6.45, 7) is 0. The number of rotatable bonds is 4. The van der Waals surface area contributed by atoms with Crippen LogP contribution in [0.15, 0.2) is 55.0 Å². The Labute approximate surface area is 158 Å². The van der Waals surface area contributed by atoms with Crippen molar-refractivity contribution >= 4 is 17.6 Å². The van der Waals surface area contributed by atoms with Crippen LogP contribution in [0.5, 0.6) is 0 Å². The molecular weight excluding hydrogens is 368 g/mol. The zero-order chi connectivity index (χ0) is 19.7. The van der Waals surface area contributed by atoms with Crippen LogP contribution in [0.3, 0.4) is 0 Å². The van der Waals surface area contributed by atoms with E-state index in [2.05, 4.69) is 20.7 Å². The lowest BCUT2D eigenvalue weighted by molar-refractivity contribution is -0.136.